The van der Waals surface area contributed by atoms with E-state index in [9.17, 15) is 0 Å². The van der Waals surface area contributed by atoms with Gasteiger partial charge in [-0.05, 0) is 22.4 Å². The summed E-state index contributed by atoms with van der Waals surface area (Å²) in [7, 11) is 0.777. The quantitative estimate of drug-likeness (QED) is 0.711. The summed E-state index contributed by atoms with van der Waals surface area (Å²) in [4.78, 5) is 0. The Balaban J connectivity index is 0.000000186. The van der Waals surface area contributed by atoms with Gasteiger partial charge < -0.3 is 0 Å². The summed E-state index contributed by atoms with van der Waals surface area (Å²) < 4.78 is 0. The van der Waals surface area contributed by atoms with Crippen molar-refractivity contribution in [3.8, 4) is 0 Å². The lowest BCUT2D eigenvalue weighted by molar-refractivity contribution is 0.219. The molecule has 19 heavy (non-hydrogen) atoms. The molecule has 1 aliphatic carbocycles. The number of benzene rings is 2. The molecule has 1 heteroatoms. The second kappa shape index (κ2) is 7.46. The monoisotopic (exact) mass is 270 g/mol. The van der Waals surface area contributed by atoms with Crippen molar-refractivity contribution in [2.24, 2.45) is 11.8 Å². The first kappa shape index (κ1) is 14.3. The lowest BCUT2D eigenvalue weighted by atomic mass is 9.77. The van der Waals surface area contributed by atoms with E-state index in [0.29, 0.717) is 0 Å². The summed E-state index contributed by atoms with van der Waals surface area (Å²) in [5.41, 5.74) is 0. The molecule has 0 nitrogen and oxygen atoms in total. The summed E-state index contributed by atoms with van der Waals surface area (Å²) in [6.07, 6.45) is 2.95. The van der Waals surface area contributed by atoms with Gasteiger partial charge in [0.15, 0.2) is 0 Å². The lowest BCUT2D eigenvalue weighted by Crippen LogP contribution is -2.18. The van der Waals surface area contributed by atoms with Crippen LogP contribution in [0.25, 0.3) is 0 Å². The summed E-state index contributed by atoms with van der Waals surface area (Å²) in [5.74, 6) is 2.06. The molecule has 0 spiro atoms. The number of rotatable bonds is 2. The fraction of sp³-hybridized carbons (Fsp3) is 0.333. The first-order valence-corrected chi connectivity index (χ1v) is 8.13. The Labute approximate surface area is 119 Å². The predicted molar refractivity (Wildman–Crippen MR) is 88.0 cm³/mol. The average Bonchev–Trinajstić information content (AvgIpc) is 2.48. The van der Waals surface area contributed by atoms with Crippen LogP contribution in [0, 0.1) is 11.8 Å². The second-order valence-corrected chi connectivity index (χ2v) is 6.79. The van der Waals surface area contributed by atoms with E-state index in [2.05, 4.69) is 74.5 Å². The van der Waals surface area contributed by atoms with Gasteiger partial charge in [0.05, 0.1) is 0 Å². The molecule has 2 atom stereocenters. The highest BCUT2D eigenvalue weighted by Gasteiger charge is 2.20. The topological polar surface area (TPSA) is 0 Å². The molecule has 1 aliphatic rings. The molecule has 0 saturated heterocycles. The third kappa shape index (κ3) is 4.80. The molecule has 0 aliphatic heterocycles. The van der Waals surface area contributed by atoms with Crippen molar-refractivity contribution in [1.29, 1.82) is 0 Å². The van der Waals surface area contributed by atoms with E-state index in [1.807, 2.05) is 0 Å². The predicted octanol–water partition coefficient (Wildman–Crippen LogP) is 4.37. The van der Waals surface area contributed by atoms with Gasteiger partial charge in [-0.2, -0.15) is 0 Å². The molecule has 1 fully saturated rings. The van der Waals surface area contributed by atoms with E-state index in [-0.39, 0.29) is 0 Å². The van der Waals surface area contributed by atoms with Crippen molar-refractivity contribution in [3.05, 3.63) is 60.7 Å². The van der Waals surface area contributed by atoms with Gasteiger partial charge in [0.2, 0.25) is 0 Å². The van der Waals surface area contributed by atoms with Crippen LogP contribution in [0.4, 0.5) is 0 Å². The van der Waals surface area contributed by atoms with Crippen molar-refractivity contribution < 1.29 is 0 Å². The molecule has 1 saturated carbocycles. The molecule has 0 amide bonds. The summed E-state index contributed by atoms with van der Waals surface area (Å²) in [6.45, 7) is 4.66. The summed E-state index contributed by atoms with van der Waals surface area (Å²) in [6, 6.07) is 21.2. The van der Waals surface area contributed by atoms with Crippen molar-refractivity contribution in [1.82, 2.24) is 0 Å². The van der Waals surface area contributed by atoms with Gasteiger partial charge in [-0.3, -0.25) is 0 Å². The van der Waals surface area contributed by atoms with Crippen molar-refractivity contribution in [2.45, 2.75) is 26.7 Å². The van der Waals surface area contributed by atoms with Crippen LogP contribution in [0.15, 0.2) is 60.7 Å². The average molecular weight is 270 g/mol. The normalized spacial score (nSPS) is 20.9. The zero-order chi connectivity index (χ0) is 13.5. The summed E-state index contributed by atoms with van der Waals surface area (Å²) in [5, 5.41) is 2.79. The van der Waals surface area contributed by atoms with E-state index in [1.54, 1.807) is 0 Å². The van der Waals surface area contributed by atoms with E-state index < -0.39 is 0 Å². The van der Waals surface area contributed by atoms with Crippen molar-refractivity contribution in [3.63, 3.8) is 0 Å². The second-order valence-electron chi connectivity index (χ2n) is 5.39. The Morgan fingerprint density at radius 1 is 0.684 bits per heavy atom. The van der Waals surface area contributed by atoms with Crippen molar-refractivity contribution in [2.75, 3.05) is 0 Å². The first-order valence-electron chi connectivity index (χ1n) is 7.13. The molecule has 0 radical (unpaired) electrons. The van der Waals surface area contributed by atoms with Gasteiger partial charge in [-0.15, -0.1) is 0 Å². The fourth-order valence-electron chi connectivity index (χ4n) is 2.04. The molecule has 2 unspecified atom stereocenters. The zero-order valence-electron chi connectivity index (χ0n) is 11.8. The van der Waals surface area contributed by atoms with E-state index >= 15 is 0 Å². The number of hydrogen-bond donors (Lipinski definition) is 0. The van der Waals surface area contributed by atoms with E-state index in [1.165, 1.54) is 23.5 Å². The molecule has 3 rings (SSSR count). The standard InChI is InChI=1S/C12H11P.C6H12/c1-3-7-11(8-4-1)13-12-9-5-2-6-10-12;1-5-3-4-6(5)2/h1-10,13H;5-6H,3-4H2,1-2H3. The van der Waals surface area contributed by atoms with Gasteiger partial charge in [-0.25, -0.2) is 0 Å². The fourth-order valence-corrected chi connectivity index (χ4v) is 3.09. The van der Waals surface area contributed by atoms with Crippen LogP contribution < -0.4 is 10.6 Å². The molecule has 0 N–H and O–H groups in total. The maximum Gasteiger partial charge on any atom is -0.0226 e. The smallest absolute Gasteiger partial charge is 0.0226 e. The molecule has 0 bridgehead atoms. The van der Waals surface area contributed by atoms with E-state index in [0.717, 1.165) is 20.4 Å². The molecule has 0 aromatic heterocycles. The highest BCUT2D eigenvalue weighted by molar-refractivity contribution is 7.55. The highest BCUT2D eigenvalue weighted by atomic mass is 31.1. The molecule has 2 aromatic carbocycles. The Morgan fingerprint density at radius 2 is 1.05 bits per heavy atom. The van der Waals surface area contributed by atoms with Gasteiger partial charge in [0, 0.05) is 0 Å². The Bertz CT molecular complexity index is 418. The van der Waals surface area contributed by atoms with Crippen LogP contribution in [0.2, 0.25) is 0 Å². The van der Waals surface area contributed by atoms with Crippen LogP contribution in [-0.2, 0) is 0 Å². The molecular formula is C18H23P. The van der Waals surface area contributed by atoms with Gasteiger partial charge in [-0.1, -0.05) is 95.9 Å². The van der Waals surface area contributed by atoms with Crippen LogP contribution in [0.1, 0.15) is 26.7 Å². The Kier molecular flexibility index (Phi) is 5.61. The zero-order valence-corrected chi connectivity index (χ0v) is 12.8. The Morgan fingerprint density at radius 3 is 1.32 bits per heavy atom. The maximum atomic E-state index is 2.33. The molecule has 100 valence electrons. The minimum atomic E-state index is 0.777. The lowest BCUT2D eigenvalue weighted by Gasteiger charge is -2.29. The SMILES string of the molecule is CC1CCC1C.c1ccc(Pc2ccccc2)cc1. The first-order chi connectivity index (χ1) is 9.25. The third-order valence-electron chi connectivity index (χ3n) is 3.89. The highest BCUT2D eigenvalue weighted by Crippen LogP contribution is 2.32. The minimum absolute atomic E-state index is 0.777. The van der Waals surface area contributed by atoms with Gasteiger partial charge >= 0.3 is 0 Å². The van der Waals surface area contributed by atoms with Crippen molar-refractivity contribution >= 4 is 19.2 Å². The van der Waals surface area contributed by atoms with Gasteiger partial charge in [0.25, 0.3) is 0 Å². The Hall–Kier alpha value is -1.13. The largest absolute Gasteiger partial charge is 0.0623 e. The maximum absolute atomic E-state index is 2.33. The molecule has 0 heterocycles. The van der Waals surface area contributed by atoms with E-state index in [4.69, 9.17) is 0 Å². The van der Waals surface area contributed by atoms with Gasteiger partial charge in [0.1, 0.15) is 0 Å². The molecule has 2 aromatic rings. The van der Waals surface area contributed by atoms with Crippen LogP contribution >= 0.6 is 8.58 Å². The number of hydrogen-bond acceptors (Lipinski definition) is 0. The minimum Gasteiger partial charge on any atom is -0.0623 e. The summed E-state index contributed by atoms with van der Waals surface area (Å²) >= 11 is 0. The van der Waals surface area contributed by atoms with Crippen LogP contribution in [0.3, 0.4) is 0 Å². The molecular weight excluding hydrogens is 247 g/mol. The third-order valence-corrected chi connectivity index (χ3v) is 5.13. The van der Waals surface area contributed by atoms with Crippen LogP contribution in [0.5, 0.6) is 0 Å². The van der Waals surface area contributed by atoms with Crippen LogP contribution in [-0.4, -0.2) is 0 Å².